The summed E-state index contributed by atoms with van der Waals surface area (Å²) in [6.07, 6.45) is 0. The van der Waals surface area contributed by atoms with E-state index in [-0.39, 0.29) is 0 Å². The SMILES string of the molecule is C=c1ccccc1=[Si](C(C)C)C(C)C. The molecule has 1 aromatic carbocycles. The normalized spacial score (nSPS) is 11.0. The lowest BCUT2D eigenvalue weighted by Gasteiger charge is -2.14. The third kappa shape index (κ3) is 2.41. The maximum absolute atomic E-state index is 4.13. The van der Waals surface area contributed by atoms with Crippen LogP contribution in [0.25, 0.3) is 6.58 Å². The maximum atomic E-state index is 4.13. The molecule has 1 heteroatoms. The fourth-order valence-electron chi connectivity index (χ4n) is 2.09. The first-order valence-electron chi connectivity index (χ1n) is 5.32. The molecular formula is C13H20Si. The third-order valence-corrected chi connectivity index (χ3v) is 6.17. The van der Waals surface area contributed by atoms with E-state index in [0.717, 1.165) is 11.1 Å². The summed E-state index contributed by atoms with van der Waals surface area (Å²) in [5.74, 6) is 0. The van der Waals surface area contributed by atoms with Crippen LogP contribution in [-0.4, -0.2) is 8.41 Å². The molecule has 0 saturated carbocycles. The van der Waals surface area contributed by atoms with Gasteiger partial charge in [0.25, 0.3) is 0 Å². The van der Waals surface area contributed by atoms with Crippen LogP contribution in [-0.2, 0) is 0 Å². The Bertz CT molecular complexity index is 391. The van der Waals surface area contributed by atoms with E-state index in [9.17, 15) is 0 Å². The smallest absolute Gasteiger partial charge is 0.0255 e. The molecule has 14 heavy (non-hydrogen) atoms. The zero-order chi connectivity index (χ0) is 10.7. The first-order valence-corrected chi connectivity index (χ1v) is 6.97. The van der Waals surface area contributed by atoms with E-state index >= 15 is 0 Å². The molecule has 76 valence electrons. The molecule has 0 unspecified atom stereocenters. The van der Waals surface area contributed by atoms with Crippen LogP contribution >= 0.6 is 0 Å². The molecule has 0 aliphatic carbocycles. The first-order chi connectivity index (χ1) is 6.54. The number of benzene rings is 1. The molecule has 0 saturated heterocycles. The minimum Gasteiger partial charge on any atom is -0.0916 e. The molecule has 0 aliphatic heterocycles. The number of hydrogen-bond donors (Lipinski definition) is 0. The standard InChI is InChI=1S/C13H20Si/c1-10(2)14(11(3)4)13-9-7-6-8-12(13)5/h6-11H,5H2,1-4H3. The van der Waals surface area contributed by atoms with Gasteiger partial charge in [-0.2, -0.15) is 0 Å². The highest BCUT2D eigenvalue weighted by molar-refractivity contribution is 6.53. The van der Waals surface area contributed by atoms with Gasteiger partial charge in [-0.25, -0.2) is 0 Å². The van der Waals surface area contributed by atoms with Gasteiger partial charge in [-0.1, -0.05) is 58.5 Å². The molecule has 0 aliphatic rings. The molecule has 0 fully saturated rings. The molecule has 0 N–H and O–H groups in total. The van der Waals surface area contributed by atoms with Crippen molar-refractivity contribution in [2.24, 2.45) is 0 Å². The molecule has 1 aromatic rings. The number of hydrogen-bond acceptors (Lipinski definition) is 0. The lowest BCUT2D eigenvalue weighted by atomic mass is 10.3. The Hall–Kier alpha value is -0.693. The van der Waals surface area contributed by atoms with Gasteiger partial charge in [-0.15, -0.1) is 0 Å². The Morgan fingerprint density at radius 1 is 1.00 bits per heavy atom. The quantitative estimate of drug-likeness (QED) is 0.649. The van der Waals surface area contributed by atoms with Crippen LogP contribution in [0.1, 0.15) is 27.7 Å². The highest BCUT2D eigenvalue weighted by atomic mass is 28.2. The van der Waals surface area contributed by atoms with E-state index in [2.05, 4.69) is 58.5 Å². The Morgan fingerprint density at radius 2 is 1.50 bits per heavy atom. The molecule has 0 atom stereocenters. The fraction of sp³-hybridized carbons (Fsp3) is 0.462. The molecule has 0 spiro atoms. The molecule has 0 bridgehead atoms. The van der Waals surface area contributed by atoms with Crippen molar-refractivity contribution in [1.82, 2.24) is 0 Å². The van der Waals surface area contributed by atoms with Crippen molar-refractivity contribution < 1.29 is 0 Å². The lowest BCUT2D eigenvalue weighted by Crippen LogP contribution is -2.17. The number of rotatable bonds is 2. The zero-order valence-corrected chi connectivity index (χ0v) is 10.7. The van der Waals surface area contributed by atoms with E-state index in [4.69, 9.17) is 0 Å². The predicted molar refractivity (Wildman–Crippen MR) is 66.4 cm³/mol. The highest BCUT2D eigenvalue weighted by Gasteiger charge is 2.09. The topological polar surface area (TPSA) is 0 Å². The molecule has 0 amide bonds. The molecule has 0 heterocycles. The van der Waals surface area contributed by atoms with E-state index in [1.54, 1.807) is 0 Å². The Labute approximate surface area is 88.5 Å². The minimum atomic E-state index is -0.449. The highest BCUT2D eigenvalue weighted by Crippen LogP contribution is 2.15. The van der Waals surface area contributed by atoms with Gasteiger partial charge >= 0.3 is 0 Å². The molecule has 0 nitrogen and oxygen atoms in total. The summed E-state index contributed by atoms with van der Waals surface area (Å²) in [5, 5.41) is 1.23. The Kier molecular flexibility index (Phi) is 3.82. The Morgan fingerprint density at radius 3 is 1.93 bits per heavy atom. The van der Waals surface area contributed by atoms with E-state index in [0.29, 0.717) is 0 Å². The lowest BCUT2D eigenvalue weighted by molar-refractivity contribution is 0.956. The molecule has 0 aromatic heterocycles. The molecular weight excluding hydrogens is 184 g/mol. The van der Waals surface area contributed by atoms with Gasteiger partial charge < -0.3 is 0 Å². The second-order valence-electron chi connectivity index (χ2n) is 4.42. The summed E-state index contributed by atoms with van der Waals surface area (Å²) >= 11 is 0. The van der Waals surface area contributed by atoms with Gasteiger partial charge in [-0.3, -0.25) is 0 Å². The largest absolute Gasteiger partial charge is 0.0916 e. The van der Waals surface area contributed by atoms with Crippen LogP contribution in [0.4, 0.5) is 0 Å². The van der Waals surface area contributed by atoms with Crippen molar-refractivity contribution in [2.75, 3.05) is 0 Å². The van der Waals surface area contributed by atoms with Gasteiger partial charge in [0.1, 0.15) is 0 Å². The summed E-state index contributed by atoms with van der Waals surface area (Å²) in [4.78, 5) is 1.52. The van der Waals surface area contributed by atoms with Crippen LogP contribution in [0.5, 0.6) is 0 Å². The van der Waals surface area contributed by atoms with Gasteiger partial charge in [-0.05, 0) is 21.1 Å². The fourth-order valence-corrected chi connectivity index (χ4v) is 5.41. The van der Waals surface area contributed by atoms with Gasteiger partial charge in [0.15, 0.2) is 0 Å². The van der Waals surface area contributed by atoms with Gasteiger partial charge in [0.2, 0.25) is 0 Å². The average molecular weight is 204 g/mol. The summed E-state index contributed by atoms with van der Waals surface area (Å²) < 4.78 is 0. The summed E-state index contributed by atoms with van der Waals surface area (Å²) in [6.45, 7) is 13.5. The monoisotopic (exact) mass is 204 g/mol. The van der Waals surface area contributed by atoms with Crippen molar-refractivity contribution in [3.05, 3.63) is 34.3 Å². The summed E-state index contributed by atoms with van der Waals surface area (Å²) in [5.41, 5.74) is 1.56. The van der Waals surface area contributed by atoms with Crippen molar-refractivity contribution in [2.45, 2.75) is 38.8 Å². The average Bonchev–Trinajstić information content (AvgIpc) is 2.07. The molecule has 1 rings (SSSR count). The van der Waals surface area contributed by atoms with Crippen LogP contribution in [0.15, 0.2) is 24.3 Å². The Balaban J connectivity index is 3.53. The minimum absolute atomic E-state index is 0.449. The van der Waals surface area contributed by atoms with Crippen molar-refractivity contribution >= 4 is 15.0 Å². The third-order valence-electron chi connectivity index (χ3n) is 2.57. The second kappa shape index (κ2) is 4.69. The second-order valence-corrected chi connectivity index (χ2v) is 8.18. The zero-order valence-electron chi connectivity index (χ0n) is 9.67. The van der Waals surface area contributed by atoms with Crippen LogP contribution in [0.2, 0.25) is 11.1 Å². The van der Waals surface area contributed by atoms with Gasteiger partial charge in [0, 0.05) is 8.41 Å². The van der Waals surface area contributed by atoms with Crippen molar-refractivity contribution in [3.8, 4) is 0 Å². The predicted octanol–water partition coefficient (Wildman–Crippen LogP) is 3.24. The summed E-state index contributed by atoms with van der Waals surface area (Å²) in [7, 11) is -0.449. The van der Waals surface area contributed by atoms with E-state index in [1.165, 1.54) is 10.0 Å². The summed E-state index contributed by atoms with van der Waals surface area (Å²) in [6, 6.07) is 8.60. The van der Waals surface area contributed by atoms with Crippen LogP contribution in [0.3, 0.4) is 0 Å². The molecule has 0 radical (unpaired) electrons. The van der Waals surface area contributed by atoms with E-state index in [1.807, 2.05) is 0 Å². The van der Waals surface area contributed by atoms with Crippen molar-refractivity contribution in [3.63, 3.8) is 0 Å². The van der Waals surface area contributed by atoms with Crippen molar-refractivity contribution in [1.29, 1.82) is 0 Å². The van der Waals surface area contributed by atoms with Crippen LogP contribution in [0, 0.1) is 4.81 Å². The first kappa shape index (κ1) is 11.4. The van der Waals surface area contributed by atoms with Gasteiger partial charge in [0.05, 0.1) is 0 Å². The maximum Gasteiger partial charge on any atom is 0.0255 e. The van der Waals surface area contributed by atoms with Crippen LogP contribution < -0.4 is 5.22 Å². The van der Waals surface area contributed by atoms with E-state index < -0.39 is 8.41 Å².